The van der Waals surface area contributed by atoms with Crippen molar-refractivity contribution in [2.24, 2.45) is 0 Å². The van der Waals surface area contributed by atoms with E-state index in [0.29, 0.717) is 29.4 Å². The predicted molar refractivity (Wildman–Crippen MR) is 69.8 cm³/mol. The lowest BCUT2D eigenvalue weighted by molar-refractivity contribution is -0.150. The zero-order valence-corrected chi connectivity index (χ0v) is 11.8. The standard InChI is InChI=1S/C11H16ClN3O2S/c1-2-4-11(10(16)17)5-3-6-15(11)7-8-9(12)18-14-13-8/h2-7H2,1H3,(H,16,17). The van der Waals surface area contributed by atoms with Crippen molar-refractivity contribution in [3.63, 3.8) is 0 Å². The van der Waals surface area contributed by atoms with E-state index in [1.54, 1.807) is 0 Å². The van der Waals surface area contributed by atoms with Crippen LogP contribution in [-0.2, 0) is 11.3 Å². The topological polar surface area (TPSA) is 66.3 Å². The molecular formula is C11H16ClN3O2S. The minimum Gasteiger partial charge on any atom is -0.480 e. The molecule has 1 aromatic heterocycles. The van der Waals surface area contributed by atoms with Crippen molar-refractivity contribution >= 4 is 29.1 Å². The van der Waals surface area contributed by atoms with Crippen LogP contribution in [0, 0.1) is 0 Å². The maximum atomic E-state index is 11.6. The second kappa shape index (κ2) is 5.50. The normalized spacial score (nSPS) is 24.6. The number of halogens is 1. The van der Waals surface area contributed by atoms with Gasteiger partial charge in [-0.25, -0.2) is 0 Å². The molecule has 1 aliphatic heterocycles. The van der Waals surface area contributed by atoms with Gasteiger partial charge in [-0.1, -0.05) is 29.4 Å². The molecule has 7 heteroatoms. The first-order chi connectivity index (χ1) is 8.60. The van der Waals surface area contributed by atoms with Crippen LogP contribution in [0.5, 0.6) is 0 Å². The van der Waals surface area contributed by atoms with Crippen LogP contribution in [0.2, 0.25) is 4.34 Å². The quantitative estimate of drug-likeness (QED) is 0.902. The van der Waals surface area contributed by atoms with Crippen LogP contribution in [0.15, 0.2) is 0 Å². The number of rotatable bonds is 5. The van der Waals surface area contributed by atoms with E-state index in [1.807, 2.05) is 11.8 Å². The molecule has 0 spiro atoms. The molecule has 2 rings (SSSR count). The number of hydrogen-bond donors (Lipinski definition) is 1. The summed E-state index contributed by atoms with van der Waals surface area (Å²) in [5.74, 6) is -0.735. The fourth-order valence-electron chi connectivity index (χ4n) is 2.68. The minimum absolute atomic E-state index is 0.474. The number of likely N-dealkylation sites (tertiary alicyclic amines) is 1. The van der Waals surface area contributed by atoms with Crippen molar-refractivity contribution in [3.8, 4) is 0 Å². The van der Waals surface area contributed by atoms with Crippen molar-refractivity contribution in [1.82, 2.24) is 14.5 Å². The highest BCUT2D eigenvalue weighted by atomic mass is 35.5. The molecule has 1 aromatic rings. The molecule has 0 aliphatic carbocycles. The van der Waals surface area contributed by atoms with Gasteiger partial charge in [-0.15, -0.1) is 5.10 Å². The average molecular weight is 290 g/mol. The average Bonchev–Trinajstić information content (AvgIpc) is 2.89. The van der Waals surface area contributed by atoms with E-state index in [-0.39, 0.29) is 0 Å². The highest BCUT2D eigenvalue weighted by Gasteiger charge is 2.47. The number of aromatic nitrogens is 2. The Morgan fingerprint density at radius 1 is 1.67 bits per heavy atom. The predicted octanol–water partition coefficient (Wildman–Crippen LogP) is 2.41. The second-order valence-electron chi connectivity index (χ2n) is 4.61. The molecule has 0 radical (unpaired) electrons. The summed E-state index contributed by atoms with van der Waals surface area (Å²) in [5, 5.41) is 13.5. The summed E-state index contributed by atoms with van der Waals surface area (Å²) in [6, 6.07) is 0. The molecule has 1 saturated heterocycles. The third-order valence-electron chi connectivity index (χ3n) is 3.54. The number of hydrogen-bond acceptors (Lipinski definition) is 5. The number of aliphatic carboxylic acids is 1. The Hall–Kier alpha value is -0.720. The van der Waals surface area contributed by atoms with Crippen molar-refractivity contribution < 1.29 is 9.90 Å². The minimum atomic E-state index is -0.748. The van der Waals surface area contributed by atoms with E-state index in [9.17, 15) is 9.90 Å². The Morgan fingerprint density at radius 3 is 3.00 bits per heavy atom. The third kappa shape index (κ3) is 2.37. The number of carboxylic acids is 1. The van der Waals surface area contributed by atoms with Gasteiger partial charge in [0.05, 0.1) is 0 Å². The Balaban J connectivity index is 2.20. The summed E-state index contributed by atoms with van der Waals surface area (Å²) in [6.07, 6.45) is 3.12. The highest BCUT2D eigenvalue weighted by molar-refractivity contribution is 7.10. The van der Waals surface area contributed by atoms with Crippen LogP contribution in [0.1, 0.15) is 38.3 Å². The Labute approximate surface area is 115 Å². The number of carboxylic acid groups (broad SMARTS) is 1. The maximum absolute atomic E-state index is 11.6. The monoisotopic (exact) mass is 289 g/mol. The van der Waals surface area contributed by atoms with Gasteiger partial charge < -0.3 is 5.11 Å². The van der Waals surface area contributed by atoms with Gasteiger partial charge in [0.2, 0.25) is 0 Å². The summed E-state index contributed by atoms with van der Waals surface area (Å²) in [6.45, 7) is 3.26. The van der Waals surface area contributed by atoms with E-state index in [1.165, 1.54) is 0 Å². The summed E-state index contributed by atoms with van der Waals surface area (Å²) in [4.78, 5) is 13.6. The first kappa shape index (κ1) is 13.7. The van der Waals surface area contributed by atoms with Gasteiger partial charge in [0.1, 0.15) is 15.6 Å². The second-order valence-corrected chi connectivity index (χ2v) is 5.96. The van der Waals surface area contributed by atoms with Crippen LogP contribution < -0.4 is 0 Å². The van der Waals surface area contributed by atoms with Crippen molar-refractivity contribution in [2.75, 3.05) is 6.54 Å². The molecule has 1 fully saturated rings. The molecule has 1 unspecified atom stereocenters. The Morgan fingerprint density at radius 2 is 2.44 bits per heavy atom. The van der Waals surface area contributed by atoms with Crippen molar-refractivity contribution in [1.29, 1.82) is 0 Å². The lowest BCUT2D eigenvalue weighted by atomic mass is 9.90. The Kier molecular flexibility index (Phi) is 4.19. The zero-order chi connectivity index (χ0) is 13.2. The summed E-state index contributed by atoms with van der Waals surface area (Å²) >= 11 is 7.13. The van der Waals surface area contributed by atoms with E-state index >= 15 is 0 Å². The van der Waals surface area contributed by atoms with E-state index in [4.69, 9.17) is 11.6 Å². The molecule has 0 bridgehead atoms. The molecule has 2 heterocycles. The molecule has 1 atom stereocenters. The molecule has 1 N–H and O–H groups in total. The van der Waals surface area contributed by atoms with Gasteiger partial charge in [-0.05, 0) is 25.8 Å². The molecule has 0 amide bonds. The summed E-state index contributed by atoms with van der Waals surface area (Å²) in [5.41, 5.74) is -0.0629. The van der Waals surface area contributed by atoms with Crippen LogP contribution in [0.25, 0.3) is 0 Å². The van der Waals surface area contributed by atoms with E-state index in [0.717, 1.165) is 30.9 Å². The smallest absolute Gasteiger partial charge is 0.324 e. The van der Waals surface area contributed by atoms with Crippen LogP contribution in [0.4, 0.5) is 0 Å². The van der Waals surface area contributed by atoms with Gasteiger partial charge in [0, 0.05) is 18.1 Å². The van der Waals surface area contributed by atoms with Crippen molar-refractivity contribution in [3.05, 3.63) is 10.0 Å². The molecular weight excluding hydrogens is 274 g/mol. The van der Waals surface area contributed by atoms with Gasteiger partial charge in [-0.2, -0.15) is 0 Å². The van der Waals surface area contributed by atoms with Gasteiger partial charge in [0.15, 0.2) is 0 Å². The van der Waals surface area contributed by atoms with Crippen LogP contribution in [0.3, 0.4) is 0 Å². The van der Waals surface area contributed by atoms with Crippen molar-refractivity contribution in [2.45, 2.75) is 44.7 Å². The molecule has 5 nitrogen and oxygen atoms in total. The number of carbonyl (C=O) groups is 1. The first-order valence-corrected chi connectivity index (χ1v) is 7.20. The van der Waals surface area contributed by atoms with Gasteiger partial charge in [0.25, 0.3) is 0 Å². The van der Waals surface area contributed by atoms with Crippen LogP contribution >= 0.6 is 23.1 Å². The van der Waals surface area contributed by atoms with Gasteiger partial charge >= 0.3 is 5.97 Å². The SMILES string of the molecule is CCCC1(C(=O)O)CCCN1Cc1nnsc1Cl. The fourth-order valence-corrected chi connectivity index (χ4v) is 3.29. The Bertz CT molecular complexity index is 440. The number of nitrogens with zero attached hydrogens (tertiary/aromatic N) is 3. The lowest BCUT2D eigenvalue weighted by Crippen LogP contribution is -2.50. The molecule has 18 heavy (non-hydrogen) atoms. The highest BCUT2D eigenvalue weighted by Crippen LogP contribution is 2.36. The molecule has 100 valence electrons. The maximum Gasteiger partial charge on any atom is 0.324 e. The summed E-state index contributed by atoms with van der Waals surface area (Å²) in [7, 11) is 0. The molecule has 0 aromatic carbocycles. The first-order valence-electron chi connectivity index (χ1n) is 6.05. The molecule has 1 aliphatic rings. The van der Waals surface area contributed by atoms with E-state index in [2.05, 4.69) is 9.59 Å². The van der Waals surface area contributed by atoms with Crippen LogP contribution in [-0.4, -0.2) is 37.6 Å². The fraction of sp³-hybridized carbons (Fsp3) is 0.727. The summed E-state index contributed by atoms with van der Waals surface area (Å²) < 4.78 is 4.34. The van der Waals surface area contributed by atoms with E-state index < -0.39 is 11.5 Å². The largest absolute Gasteiger partial charge is 0.480 e. The zero-order valence-electron chi connectivity index (χ0n) is 10.2. The third-order valence-corrected chi connectivity index (χ3v) is 4.52. The van der Waals surface area contributed by atoms with Gasteiger partial charge in [-0.3, -0.25) is 9.69 Å². The lowest BCUT2D eigenvalue weighted by Gasteiger charge is -2.34. The molecule has 0 saturated carbocycles.